The lowest BCUT2D eigenvalue weighted by Gasteiger charge is -2.15. The van der Waals surface area contributed by atoms with Gasteiger partial charge in [-0.3, -0.25) is 0 Å². The minimum absolute atomic E-state index is 0.884. The third kappa shape index (κ3) is 5.00. The van der Waals surface area contributed by atoms with Gasteiger partial charge in [-0.05, 0) is 81.4 Å². The van der Waals surface area contributed by atoms with Gasteiger partial charge in [0.25, 0.3) is 0 Å². The van der Waals surface area contributed by atoms with Gasteiger partial charge in [0.15, 0.2) is 0 Å². The second-order valence-corrected chi connectivity index (χ2v) is 13.1. The Morgan fingerprint density at radius 3 is 1.55 bits per heavy atom. The molecule has 0 aliphatic rings. The van der Waals surface area contributed by atoms with Gasteiger partial charge in [-0.1, -0.05) is 146 Å². The van der Waals surface area contributed by atoms with E-state index < -0.39 is 0 Å². The Kier molecular flexibility index (Phi) is 6.85. The molecule has 10 aromatic rings. The molecule has 0 unspecified atom stereocenters. The Labute approximate surface area is 295 Å². The van der Waals surface area contributed by atoms with Crippen molar-refractivity contribution in [3.8, 4) is 55.8 Å². The number of rotatable bonds is 5. The zero-order chi connectivity index (χ0) is 33.7. The van der Waals surface area contributed by atoms with Crippen molar-refractivity contribution in [1.29, 1.82) is 0 Å². The van der Waals surface area contributed by atoms with Crippen LogP contribution in [0.4, 0.5) is 0 Å². The molecule has 0 saturated carbocycles. The second-order valence-electron chi connectivity index (χ2n) is 13.1. The lowest BCUT2D eigenvalue weighted by Crippen LogP contribution is -1.93. The SMILES string of the molecule is c1ccc(-c2cc(-c3ccccc3)cc(-c3cccc(-c4cccc5c4nc(-c4ccccc4)c4ccc6oc7ccccc7c6c45)c3)c2)cc1. The molecular weight excluding hydrogens is 619 g/mol. The first-order valence-corrected chi connectivity index (χ1v) is 17.4. The van der Waals surface area contributed by atoms with E-state index >= 15 is 0 Å². The molecule has 0 N–H and O–H groups in total. The van der Waals surface area contributed by atoms with Gasteiger partial charge < -0.3 is 4.42 Å². The quantitative estimate of drug-likeness (QED) is 0.173. The molecule has 0 atom stereocenters. The normalized spacial score (nSPS) is 11.5. The average Bonchev–Trinajstić information content (AvgIpc) is 3.60. The van der Waals surface area contributed by atoms with Crippen molar-refractivity contribution in [3.05, 3.63) is 188 Å². The van der Waals surface area contributed by atoms with E-state index in [1.165, 1.54) is 33.2 Å². The van der Waals surface area contributed by atoms with Crippen LogP contribution in [0.15, 0.2) is 192 Å². The maximum absolute atomic E-state index is 6.40. The van der Waals surface area contributed by atoms with Crippen molar-refractivity contribution in [1.82, 2.24) is 4.98 Å². The monoisotopic (exact) mass is 649 g/mol. The Morgan fingerprint density at radius 2 is 0.843 bits per heavy atom. The van der Waals surface area contributed by atoms with Crippen LogP contribution in [-0.2, 0) is 0 Å². The van der Waals surface area contributed by atoms with Crippen LogP contribution in [0.3, 0.4) is 0 Å². The molecule has 8 aromatic carbocycles. The highest BCUT2D eigenvalue weighted by molar-refractivity contribution is 6.29. The number of benzene rings is 8. The van der Waals surface area contributed by atoms with Crippen LogP contribution >= 0.6 is 0 Å². The van der Waals surface area contributed by atoms with E-state index in [9.17, 15) is 0 Å². The Hall–Kier alpha value is -6.77. The third-order valence-electron chi connectivity index (χ3n) is 10.0. The van der Waals surface area contributed by atoms with Gasteiger partial charge in [0.2, 0.25) is 0 Å². The van der Waals surface area contributed by atoms with Crippen LogP contribution in [0.25, 0.3) is 99.4 Å². The fourth-order valence-corrected chi connectivity index (χ4v) is 7.64. The maximum Gasteiger partial charge on any atom is 0.136 e. The summed E-state index contributed by atoms with van der Waals surface area (Å²) >= 11 is 0. The van der Waals surface area contributed by atoms with Gasteiger partial charge in [-0.2, -0.15) is 0 Å². The molecule has 2 heterocycles. The Morgan fingerprint density at radius 1 is 0.314 bits per heavy atom. The topological polar surface area (TPSA) is 26.0 Å². The van der Waals surface area contributed by atoms with Gasteiger partial charge >= 0.3 is 0 Å². The highest BCUT2D eigenvalue weighted by Crippen LogP contribution is 2.43. The molecule has 0 aliphatic carbocycles. The molecule has 2 heteroatoms. The van der Waals surface area contributed by atoms with Crippen molar-refractivity contribution in [3.63, 3.8) is 0 Å². The van der Waals surface area contributed by atoms with Gasteiger partial charge in [-0.25, -0.2) is 4.98 Å². The number of furan rings is 1. The largest absolute Gasteiger partial charge is 0.456 e. The number of nitrogens with zero attached hydrogens (tertiary/aromatic N) is 1. The minimum atomic E-state index is 0.884. The van der Waals surface area contributed by atoms with E-state index in [1.807, 2.05) is 6.07 Å². The van der Waals surface area contributed by atoms with Crippen LogP contribution in [-0.4, -0.2) is 4.98 Å². The van der Waals surface area contributed by atoms with Crippen LogP contribution < -0.4 is 0 Å². The molecule has 0 aliphatic heterocycles. The lowest BCUT2D eigenvalue weighted by atomic mass is 9.91. The van der Waals surface area contributed by atoms with Crippen molar-refractivity contribution in [2.24, 2.45) is 0 Å². The maximum atomic E-state index is 6.40. The predicted octanol–water partition coefficient (Wildman–Crippen LogP) is 13.6. The fraction of sp³-hybridized carbons (Fsp3) is 0. The number of fused-ring (bicyclic) bond motifs is 7. The third-order valence-corrected chi connectivity index (χ3v) is 10.0. The first kappa shape index (κ1) is 29.2. The van der Waals surface area contributed by atoms with Crippen molar-refractivity contribution >= 4 is 43.6 Å². The van der Waals surface area contributed by atoms with E-state index in [-0.39, 0.29) is 0 Å². The number of pyridine rings is 1. The first-order valence-electron chi connectivity index (χ1n) is 17.4. The molecule has 0 radical (unpaired) electrons. The number of para-hydroxylation sites is 2. The summed E-state index contributed by atoms with van der Waals surface area (Å²) in [7, 11) is 0. The molecule has 2 aromatic heterocycles. The summed E-state index contributed by atoms with van der Waals surface area (Å²) in [6, 6.07) is 66.8. The summed E-state index contributed by atoms with van der Waals surface area (Å²) < 4.78 is 6.40. The standard InChI is InChI=1S/C49H31NO/c1-4-14-32(15-5-1)37-29-38(33-16-6-2-7-17-33)31-39(30-37)35-20-12-21-36(28-35)40-23-13-24-42-46-43(48(50-49(40)42)34-18-8-3-9-19-34)26-27-45-47(46)41-22-10-11-25-44(41)51-45/h1-31H. The van der Waals surface area contributed by atoms with E-state index in [4.69, 9.17) is 9.40 Å². The van der Waals surface area contributed by atoms with Gasteiger partial charge in [0.05, 0.1) is 11.2 Å². The summed E-state index contributed by atoms with van der Waals surface area (Å²) in [6.07, 6.45) is 0. The van der Waals surface area contributed by atoms with E-state index in [1.54, 1.807) is 0 Å². The van der Waals surface area contributed by atoms with Crippen LogP contribution in [0, 0.1) is 0 Å². The zero-order valence-corrected chi connectivity index (χ0v) is 27.8. The molecule has 2 nitrogen and oxygen atoms in total. The molecular formula is C49H31NO. The molecule has 0 bridgehead atoms. The molecule has 0 fully saturated rings. The molecule has 0 amide bonds. The smallest absolute Gasteiger partial charge is 0.136 e. The summed E-state index contributed by atoms with van der Waals surface area (Å²) in [6.45, 7) is 0. The first-order chi connectivity index (χ1) is 25.3. The lowest BCUT2D eigenvalue weighted by molar-refractivity contribution is 0.669. The Bertz CT molecular complexity index is 2830. The summed E-state index contributed by atoms with van der Waals surface area (Å²) in [5.74, 6) is 0. The van der Waals surface area contributed by atoms with Crippen molar-refractivity contribution in [2.75, 3.05) is 0 Å². The van der Waals surface area contributed by atoms with Crippen molar-refractivity contribution in [2.45, 2.75) is 0 Å². The fourth-order valence-electron chi connectivity index (χ4n) is 7.64. The summed E-state index contributed by atoms with van der Waals surface area (Å²) in [5, 5.41) is 5.64. The molecule has 51 heavy (non-hydrogen) atoms. The average molecular weight is 650 g/mol. The predicted molar refractivity (Wildman–Crippen MR) is 214 cm³/mol. The van der Waals surface area contributed by atoms with E-state index in [0.29, 0.717) is 0 Å². The van der Waals surface area contributed by atoms with Crippen LogP contribution in [0.2, 0.25) is 0 Å². The number of hydrogen-bond donors (Lipinski definition) is 0. The van der Waals surface area contributed by atoms with Gasteiger partial charge in [0.1, 0.15) is 11.2 Å². The highest BCUT2D eigenvalue weighted by atomic mass is 16.3. The summed E-state index contributed by atoms with van der Waals surface area (Å²) in [5.41, 5.74) is 14.1. The summed E-state index contributed by atoms with van der Waals surface area (Å²) in [4.78, 5) is 5.50. The molecule has 0 spiro atoms. The number of aromatic nitrogens is 1. The van der Waals surface area contributed by atoms with Crippen molar-refractivity contribution < 1.29 is 4.42 Å². The highest BCUT2D eigenvalue weighted by Gasteiger charge is 2.19. The van der Waals surface area contributed by atoms with E-state index in [2.05, 4.69) is 182 Å². The zero-order valence-electron chi connectivity index (χ0n) is 27.8. The van der Waals surface area contributed by atoms with Gasteiger partial charge in [0, 0.05) is 38.1 Å². The number of hydrogen-bond acceptors (Lipinski definition) is 2. The molecule has 238 valence electrons. The Balaban J connectivity index is 1.22. The molecule has 0 saturated heterocycles. The minimum Gasteiger partial charge on any atom is -0.456 e. The van der Waals surface area contributed by atoms with E-state index in [0.717, 1.165) is 66.2 Å². The van der Waals surface area contributed by atoms with Crippen LogP contribution in [0.5, 0.6) is 0 Å². The second kappa shape index (κ2) is 12.0. The van der Waals surface area contributed by atoms with Gasteiger partial charge in [-0.15, -0.1) is 0 Å². The molecule has 10 rings (SSSR count). The van der Waals surface area contributed by atoms with Crippen LogP contribution in [0.1, 0.15) is 0 Å².